The van der Waals surface area contributed by atoms with E-state index in [4.69, 9.17) is 5.11 Å². The summed E-state index contributed by atoms with van der Waals surface area (Å²) in [5.41, 5.74) is 0.365. The van der Waals surface area contributed by atoms with Gasteiger partial charge in [0.05, 0.1) is 11.8 Å². The minimum absolute atomic E-state index is 0.0418. The quantitative estimate of drug-likeness (QED) is 0.754. The molecule has 0 unspecified atom stereocenters. The number of hydrogen-bond donors (Lipinski definition) is 2. The number of hydrogen-bond acceptors (Lipinski definition) is 3. The molecule has 0 spiro atoms. The SMILES string of the molecule is CC(C)(CNC(=O)CN1C(=O)C(C)(C)c2cc(Br)ccc21)CC(=O)O. The number of carbonyl (C=O) groups is 3. The van der Waals surface area contributed by atoms with Gasteiger partial charge in [0.25, 0.3) is 0 Å². The maximum atomic E-state index is 12.7. The van der Waals surface area contributed by atoms with Gasteiger partial charge in [-0.3, -0.25) is 14.4 Å². The number of nitrogens with one attached hydrogen (secondary N) is 1. The van der Waals surface area contributed by atoms with Crippen LogP contribution in [0.5, 0.6) is 0 Å². The minimum atomic E-state index is -0.907. The van der Waals surface area contributed by atoms with Gasteiger partial charge < -0.3 is 15.3 Å². The average Bonchev–Trinajstić information content (AvgIpc) is 2.65. The van der Waals surface area contributed by atoms with E-state index in [0.29, 0.717) is 0 Å². The Morgan fingerprint density at radius 3 is 2.56 bits per heavy atom. The molecule has 2 rings (SSSR count). The highest BCUT2D eigenvalue weighted by atomic mass is 79.9. The van der Waals surface area contributed by atoms with Gasteiger partial charge in [-0.25, -0.2) is 0 Å². The van der Waals surface area contributed by atoms with Gasteiger partial charge in [-0.1, -0.05) is 29.8 Å². The van der Waals surface area contributed by atoms with Gasteiger partial charge in [0, 0.05) is 16.7 Å². The molecule has 1 aromatic rings. The van der Waals surface area contributed by atoms with Crippen LogP contribution in [0.3, 0.4) is 0 Å². The maximum absolute atomic E-state index is 12.7. The summed E-state index contributed by atoms with van der Waals surface area (Å²) < 4.78 is 0.883. The van der Waals surface area contributed by atoms with Gasteiger partial charge in [-0.2, -0.15) is 0 Å². The predicted molar refractivity (Wildman–Crippen MR) is 98.6 cm³/mol. The highest BCUT2D eigenvalue weighted by Gasteiger charge is 2.44. The van der Waals surface area contributed by atoms with Crippen molar-refractivity contribution < 1.29 is 19.5 Å². The Balaban J connectivity index is 2.09. The van der Waals surface area contributed by atoms with Crippen LogP contribution in [0.25, 0.3) is 0 Å². The molecule has 0 bridgehead atoms. The summed E-state index contributed by atoms with van der Waals surface area (Å²) in [5.74, 6) is -1.34. The van der Waals surface area contributed by atoms with E-state index < -0.39 is 16.8 Å². The van der Waals surface area contributed by atoms with E-state index in [9.17, 15) is 14.4 Å². The lowest BCUT2D eigenvalue weighted by atomic mass is 9.86. The minimum Gasteiger partial charge on any atom is -0.481 e. The molecule has 1 aliphatic rings. The molecule has 0 saturated heterocycles. The highest BCUT2D eigenvalue weighted by Crippen LogP contribution is 2.42. The summed E-state index contributed by atoms with van der Waals surface area (Å²) in [6.07, 6.45) is -0.0418. The number of carboxylic acid groups (broad SMARTS) is 1. The van der Waals surface area contributed by atoms with Crippen LogP contribution < -0.4 is 10.2 Å². The molecule has 0 fully saturated rings. The lowest BCUT2D eigenvalue weighted by Gasteiger charge is -2.24. The zero-order valence-electron chi connectivity index (χ0n) is 14.9. The predicted octanol–water partition coefficient (Wildman–Crippen LogP) is 2.69. The molecule has 25 heavy (non-hydrogen) atoms. The normalized spacial score (nSPS) is 15.9. The number of fused-ring (bicyclic) bond motifs is 1. The van der Waals surface area contributed by atoms with Crippen LogP contribution in [0.15, 0.2) is 22.7 Å². The molecule has 2 amide bonds. The highest BCUT2D eigenvalue weighted by molar-refractivity contribution is 9.10. The van der Waals surface area contributed by atoms with E-state index in [-0.39, 0.29) is 31.3 Å². The Morgan fingerprint density at radius 2 is 1.96 bits per heavy atom. The van der Waals surface area contributed by atoms with Crippen LogP contribution >= 0.6 is 15.9 Å². The summed E-state index contributed by atoms with van der Waals surface area (Å²) in [4.78, 5) is 37.4. The summed E-state index contributed by atoms with van der Waals surface area (Å²) in [7, 11) is 0. The monoisotopic (exact) mass is 410 g/mol. The second kappa shape index (κ2) is 6.78. The molecule has 1 aromatic carbocycles. The van der Waals surface area contributed by atoms with Gasteiger partial charge in [0.15, 0.2) is 0 Å². The van der Waals surface area contributed by atoms with E-state index in [1.807, 2.05) is 32.0 Å². The van der Waals surface area contributed by atoms with E-state index in [2.05, 4.69) is 21.2 Å². The van der Waals surface area contributed by atoms with Gasteiger partial charge >= 0.3 is 5.97 Å². The van der Waals surface area contributed by atoms with Crippen LogP contribution in [0, 0.1) is 5.41 Å². The van der Waals surface area contributed by atoms with Gasteiger partial charge in [0.1, 0.15) is 6.54 Å². The van der Waals surface area contributed by atoms with E-state index >= 15 is 0 Å². The Morgan fingerprint density at radius 1 is 1.32 bits per heavy atom. The van der Waals surface area contributed by atoms with Crippen LogP contribution in [-0.4, -0.2) is 36.0 Å². The van der Waals surface area contributed by atoms with Crippen molar-refractivity contribution in [1.29, 1.82) is 0 Å². The zero-order chi connectivity index (χ0) is 19.0. The lowest BCUT2D eigenvalue weighted by Crippen LogP contribution is -2.44. The third-order valence-electron chi connectivity index (χ3n) is 4.40. The molecular formula is C18H23BrN2O4. The number of carbonyl (C=O) groups excluding carboxylic acids is 2. The van der Waals surface area contributed by atoms with Gasteiger partial charge in [-0.05, 0) is 43.0 Å². The Bertz CT molecular complexity index is 728. The molecule has 0 aromatic heterocycles. The number of amides is 2. The third-order valence-corrected chi connectivity index (χ3v) is 4.89. The molecule has 0 atom stereocenters. The molecule has 7 heteroatoms. The van der Waals surface area contributed by atoms with Crippen molar-refractivity contribution in [1.82, 2.24) is 5.32 Å². The second-order valence-corrected chi connectivity index (χ2v) is 8.60. The van der Waals surface area contributed by atoms with E-state index in [1.165, 1.54) is 4.90 Å². The average molecular weight is 411 g/mol. The van der Waals surface area contributed by atoms with Crippen LogP contribution in [0.2, 0.25) is 0 Å². The number of aliphatic carboxylic acids is 1. The first-order chi connectivity index (χ1) is 11.4. The first kappa shape index (κ1) is 19.4. The number of rotatable bonds is 6. The second-order valence-electron chi connectivity index (χ2n) is 7.69. The Kier molecular flexibility index (Phi) is 5.27. The van der Waals surface area contributed by atoms with Crippen molar-refractivity contribution in [2.24, 2.45) is 5.41 Å². The summed E-state index contributed by atoms with van der Waals surface area (Å²) >= 11 is 3.42. The molecule has 6 nitrogen and oxygen atoms in total. The van der Waals surface area contributed by atoms with Crippen LogP contribution in [-0.2, 0) is 19.8 Å². The van der Waals surface area contributed by atoms with Crippen molar-refractivity contribution in [2.75, 3.05) is 18.0 Å². The summed E-state index contributed by atoms with van der Waals surface area (Å²) in [5, 5.41) is 11.6. The topological polar surface area (TPSA) is 86.7 Å². The maximum Gasteiger partial charge on any atom is 0.303 e. The van der Waals surface area contributed by atoms with E-state index in [1.54, 1.807) is 13.8 Å². The molecule has 0 radical (unpaired) electrons. The van der Waals surface area contributed by atoms with Crippen molar-refractivity contribution in [3.8, 4) is 0 Å². The van der Waals surface area contributed by atoms with Crippen molar-refractivity contribution in [3.63, 3.8) is 0 Å². The van der Waals surface area contributed by atoms with Gasteiger partial charge in [0.2, 0.25) is 11.8 Å². The largest absolute Gasteiger partial charge is 0.481 e. The number of carboxylic acids is 1. The molecule has 0 saturated carbocycles. The first-order valence-corrected chi connectivity index (χ1v) is 8.84. The van der Waals surface area contributed by atoms with Crippen molar-refractivity contribution in [2.45, 2.75) is 39.5 Å². The molecule has 1 aliphatic heterocycles. The smallest absolute Gasteiger partial charge is 0.303 e. The standard InChI is InChI=1S/C18H23BrN2O4/c1-17(2,8-15(23)24)10-20-14(22)9-21-13-6-5-11(19)7-12(13)18(3,4)16(21)25/h5-7H,8-10H2,1-4H3,(H,20,22)(H,23,24). The van der Waals surface area contributed by atoms with Crippen molar-refractivity contribution >= 4 is 39.4 Å². The van der Waals surface area contributed by atoms with Crippen LogP contribution in [0.1, 0.15) is 39.7 Å². The Hall–Kier alpha value is -1.89. The first-order valence-electron chi connectivity index (χ1n) is 8.04. The fraction of sp³-hybridized carbons (Fsp3) is 0.500. The van der Waals surface area contributed by atoms with Crippen LogP contribution in [0.4, 0.5) is 5.69 Å². The number of nitrogens with zero attached hydrogens (tertiary/aromatic N) is 1. The zero-order valence-corrected chi connectivity index (χ0v) is 16.4. The fourth-order valence-electron chi connectivity index (χ4n) is 2.97. The molecule has 2 N–H and O–H groups in total. The number of anilines is 1. The van der Waals surface area contributed by atoms with Crippen molar-refractivity contribution in [3.05, 3.63) is 28.2 Å². The Labute approximate surface area is 155 Å². The molecule has 136 valence electrons. The number of benzene rings is 1. The summed E-state index contributed by atoms with van der Waals surface area (Å²) in [6, 6.07) is 5.57. The van der Waals surface area contributed by atoms with Gasteiger partial charge in [-0.15, -0.1) is 0 Å². The third kappa shape index (κ3) is 4.21. The molecular weight excluding hydrogens is 388 g/mol. The number of halogens is 1. The van der Waals surface area contributed by atoms with E-state index in [0.717, 1.165) is 15.7 Å². The molecule has 1 heterocycles. The lowest BCUT2D eigenvalue weighted by molar-refractivity contribution is -0.139. The molecule has 0 aliphatic carbocycles. The fourth-order valence-corrected chi connectivity index (χ4v) is 3.33. The summed E-state index contributed by atoms with van der Waals surface area (Å²) in [6.45, 7) is 7.39.